The Morgan fingerprint density at radius 1 is 1.50 bits per heavy atom. The summed E-state index contributed by atoms with van der Waals surface area (Å²) in [6, 6.07) is 5.02. The number of phenols is 1. The van der Waals surface area contributed by atoms with E-state index in [2.05, 4.69) is 21.2 Å². The minimum atomic E-state index is -0.227. The zero-order valence-corrected chi connectivity index (χ0v) is 11.1. The molecular formula is C10H6BrNO2S2. The molecule has 0 radical (unpaired) electrons. The van der Waals surface area contributed by atoms with Crippen molar-refractivity contribution in [3.8, 4) is 5.75 Å². The van der Waals surface area contributed by atoms with Gasteiger partial charge in [-0.05, 0) is 24.3 Å². The highest BCUT2D eigenvalue weighted by Gasteiger charge is 2.22. The number of halogens is 1. The van der Waals surface area contributed by atoms with Crippen LogP contribution in [-0.4, -0.2) is 15.3 Å². The number of carbonyl (C=O) groups is 1. The maximum absolute atomic E-state index is 11.4. The highest BCUT2D eigenvalue weighted by molar-refractivity contribution is 9.10. The maximum Gasteiger partial charge on any atom is 0.263 e. The van der Waals surface area contributed by atoms with Gasteiger partial charge >= 0.3 is 0 Å². The van der Waals surface area contributed by atoms with Crippen LogP contribution in [0.1, 0.15) is 5.56 Å². The standard InChI is InChI=1S/C10H6BrNO2S2/c11-6-1-2-7(13)5(3-6)4-8-9(14)12-10(15)16-8/h1-4,13H,(H,12,14,15)/b8-4-. The van der Waals surface area contributed by atoms with Crippen molar-refractivity contribution in [2.24, 2.45) is 0 Å². The molecule has 0 bridgehead atoms. The Kier molecular flexibility index (Phi) is 3.32. The van der Waals surface area contributed by atoms with Crippen molar-refractivity contribution in [3.63, 3.8) is 0 Å². The molecule has 1 aliphatic rings. The van der Waals surface area contributed by atoms with Crippen LogP contribution < -0.4 is 5.32 Å². The van der Waals surface area contributed by atoms with Crippen LogP contribution in [0.5, 0.6) is 5.75 Å². The molecule has 0 unspecified atom stereocenters. The molecule has 1 amide bonds. The Bertz CT molecular complexity index is 514. The van der Waals surface area contributed by atoms with Gasteiger partial charge in [0.15, 0.2) is 0 Å². The van der Waals surface area contributed by atoms with E-state index in [0.29, 0.717) is 14.8 Å². The minimum absolute atomic E-state index is 0.127. The molecule has 0 atom stereocenters. The number of carbonyl (C=O) groups excluding carboxylic acids is 1. The molecule has 2 N–H and O–H groups in total. The predicted octanol–water partition coefficient (Wildman–Crippen LogP) is 2.64. The Morgan fingerprint density at radius 2 is 2.25 bits per heavy atom. The van der Waals surface area contributed by atoms with Gasteiger partial charge in [-0.25, -0.2) is 0 Å². The van der Waals surface area contributed by atoms with E-state index in [-0.39, 0.29) is 11.7 Å². The van der Waals surface area contributed by atoms with Gasteiger partial charge in [0, 0.05) is 10.0 Å². The number of hydrogen-bond acceptors (Lipinski definition) is 4. The second-order valence-corrected chi connectivity index (χ2v) is 5.69. The lowest BCUT2D eigenvalue weighted by Gasteiger charge is -2.00. The SMILES string of the molecule is O=C1NC(=S)S/C1=C\c1cc(Br)ccc1O. The monoisotopic (exact) mass is 315 g/mol. The zero-order valence-electron chi connectivity index (χ0n) is 7.86. The fraction of sp³-hybridized carbons (Fsp3) is 0. The van der Waals surface area contributed by atoms with Gasteiger partial charge in [0.05, 0.1) is 4.91 Å². The maximum atomic E-state index is 11.4. The third-order valence-corrected chi connectivity index (χ3v) is 3.57. The Labute approximate surface area is 110 Å². The molecule has 82 valence electrons. The normalized spacial score (nSPS) is 17.9. The first-order valence-corrected chi connectivity index (χ1v) is 6.31. The first-order chi connectivity index (χ1) is 7.56. The molecule has 16 heavy (non-hydrogen) atoms. The molecule has 3 nitrogen and oxygen atoms in total. The number of thiocarbonyl (C=S) groups is 1. The summed E-state index contributed by atoms with van der Waals surface area (Å²) in [5, 5.41) is 12.1. The summed E-state index contributed by atoms with van der Waals surface area (Å²) >= 11 is 9.35. The fourth-order valence-electron chi connectivity index (χ4n) is 1.20. The molecule has 2 rings (SSSR count). The second-order valence-electron chi connectivity index (χ2n) is 3.06. The van der Waals surface area contributed by atoms with Gasteiger partial charge in [0.2, 0.25) is 0 Å². The molecule has 1 aromatic carbocycles. The van der Waals surface area contributed by atoms with Crippen molar-refractivity contribution < 1.29 is 9.90 Å². The number of nitrogens with one attached hydrogen (secondary N) is 1. The summed E-state index contributed by atoms with van der Waals surface area (Å²) in [7, 11) is 0. The average molecular weight is 316 g/mol. The number of thioether (sulfide) groups is 1. The molecule has 1 saturated heterocycles. The van der Waals surface area contributed by atoms with Gasteiger partial charge in [-0.3, -0.25) is 4.79 Å². The zero-order chi connectivity index (χ0) is 11.7. The Hall–Kier alpha value is -0.850. The van der Waals surface area contributed by atoms with Crippen LogP contribution in [0.2, 0.25) is 0 Å². The molecule has 0 aliphatic carbocycles. The fourth-order valence-corrected chi connectivity index (χ4v) is 2.62. The van der Waals surface area contributed by atoms with Crippen molar-refractivity contribution in [1.29, 1.82) is 0 Å². The van der Waals surface area contributed by atoms with Gasteiger partial charge in [0.25, 0.3) is 5.91 Å². The van der Waals surface area contributed by atoms with Crippen LogP contribution in [0.3, 0.4) is 0 Å². The largest absolute Gasteiger partial charge is 0.507 e. The number of amides is 1. The number of hydrogen-bond donors (Lipinski definition) is 2. The number of benzene rings is 1. The van der Waals surface area contributed by atoms with E-state index in [4.69, 9.17) is 12.2 Å². The summed E-state index contributed by atoms with van der Waals surface area (Å²) < 4.78 is 1.27. The third kappa shape index (κ3) is 2.45. The molecule has 0 spiro atoms. The van der Waals surface area contributed by atoms with Crippen molar-refractivity contribution in [1.82, 2.24) is 5.32 Å². The lowest BCUT2D eigenvalue weighted by molar-refractivity contribution is -0.115. The molecule has 0 aromatic heterocycles. The quantitative estimate of drug-likeness (QED) is 0.618. The number of rotatable bonds is 1. The molecule has 0 saturated carbocycles. The molecular weight excluding hydrogens is 310 g/mol. The van der Waals surface area contributed by atoms with Crippen LogP contribution in [0.4, 0.5) is 0 Å². The third-order valence-electron chi connectivity index (χ3n) is 1.92. The summed E-state index contributed by atoms with van der Waals surface area (Å²) in [6.45, 7) is 0. The highest BCUT2D eigenvalue weighted by Crippen LogP contribution is 2.30. The van der Waals surface area contributed by atoms with E-state index >= 15 is 0 Å². The summed E-state index contributed by atoms with van der Waals surface area (Å²) in [5.74, 6) is -0.101. The number of phenolic OH excluding ortho intramolecular Hbond substituents is 1. The van der Waals surface area contributed by atoms with Crippen LogP contribution in [0.25, 0.3) is 6.08 Å². The molecule has 1 fully saturated rings. The minimum Gasteiger partial charge on any atom is -0.507 e. The van der Waals surface area contributed by atoms with Gasteiger partial charge in [-0.15, -0.1) is 0 Å². The van der Waals surface area contributed by atoms with E-state index < -0.39 is 0 Å². The lowest BCUT2D eigenvalue weighted by Crippen LogP contribution is -2.17. The molecule has 1 heterocycles. The molecule has 1 aromatic rings. The summed E-state index contributed by atoms with van der Waals surface area (Å²) in [5.41, 5.74) is 0.580. The summed E-state index contributed by atoms with van der Waals surface area (Å²) in [4.78, 5) is 11.9. The van der Waals surface area contributed by atoms with Gasteiger partial charge in [0.1, 0.15) is 10.1 Å². The van der Waals surface area contributed by atoms with Crippen LogP contribution in [0.15, 0.2) is 27.6 Å². The van der Waals surface area contributed by atoms with E-state index in [0.717, 1.165) is 4.47 Å². The highest BCUT2D eigenvalue weighted by atomic mass is 79.9. The van der Waals surface area contributed by atoms with Crippen molar-refractivity contribution in [3.05, 3.63) is 33.1 Å². The van der Waals surface area contributed by atoms with Crippen LogP contribution in [0, 0.1) is 0 Å². The van der Waals surface area contributed by atoms with Gasteiger partial charge in [-0.2, -0.15) is 0 Å². The molecule has 1 aliphatic heterocycles. The second kappa shape index (κ2) is 4.57. The predicted molar refractivity (Wildman–Crippen MR) is 72.1 cm³/mol. The van der Waals surface area contributed by atoms with E-state index in [1.165, 1.54) is 11.8 Å². The van der Waals surface area contributed by atoms with Gasteiger partial charge < -0.3 is 10.4 Å². The smallest absolute Gasteiger partial charge is 0.263 e. The lowest BCUT2D eigenvalue weighted by atomic mass is 10.2. The first-order valence-electron chi connectivity index (χ1n) is 4.29. The van der Waals surface area contributed by atoms with Crippen LogP contribution in [-0.2, 0) is 4.79 Å². The topological polar surface area (TPSA) is 49.3 Å². The average Bonchev–Trinajstić information content (AvgIpc) is 2.51. The Morgan fingerprint density at radius 3 is 2.88 bits per heavy atom. The Balaban J connectivity index is 2.39. The van der Waals surface area contributed by atoms with Crippen molar-refractivity contribution >= 4 is 56.2 Å². The van der Waals surface area contributed by atoms with Gasteiger partial charge in [-0.1, -0.05) is 39.9 Å². The molecule has 6 heteroatoms. The van der Waals surface area contributed by atoms with Crippen molar-refractivity contribution in [2.45, 2.75) is 0 Å². The van der Waals surface area contributed by atoms with E-state index in [1.54, 1.807) is 24.3 Å². The van der Waals surface area contributed by atoms with E-state index in [9.17, 15) is 9.90 Å². The van der Waals surface area contributed by atoms with Crippen LogP contribution >= 0.6 is 39.9 Å². The summed E-state index contributed by atoms with van der Waals surface area (Å²) in [6.07, 6.45) is 1.61. The number of aromatic hydroxyl groups is 1. The van der Waals surface area contributed by atoms with Crippen molar-refractivity contribution in [2.75, 3.05) is 0 Å². The van der Waals surface area contributed by atoms with E-state index in [1.807, 2.05) is 0 Å². The first kappa shape index (κ1) is 11.6.